The van der Waals surface area contributed by atoms with Gasteiger partial charge in [0.25, 0.3) is 0 Å². The lowest BCUT2D eigenvalue weighted by atomic mass is 10.0. The fourth-order valence-corrected chi connectivity index (χ4v) is 4.31. The van der Waals surface area contributed by atoms with Gasteiger partial charge in [-0.25, -0.2) is 0 Å². The van der Waals surface area contributed by atoms with Crippen LogP contribution in [0.5, 0.6) is 5.75 Å². The average molecular weight is 360 g/mol. The molecule has 2 aromatic rings. The van der Waals surface area contributed by atoms with Crippen molar-refractivity contribution >= 4 is 28.5 Å². The van der Waals surface area contributed by atoms with Gasteiger partial charge in [-0.15, -0.1) is 11.8 Å². The molecule has 2 atom stereocenters. The van der Waals surface area contributed by atoms with E-state index >= 15 is 0 Å². The Morgan fingerprint density at radius 2 is 2.12 bits per heavy atom. The highest BCUT2D eigenvalue weighted by atomic mass is 32.2. The summed E-state index contributed by atoms with van der Waals surface area (Å²) in [7, 11) is 4.10. The average Bonchev–Trinajstić information content (AvgIpc) is 3.08. The summed E-state index contributed by atoms with van der Waals surface area (Å²) in [6, 6.07) is 11.7. The van der Waals surface area contributed by atoms with Crippen LogP contribution in [0.3, 0.4) is 0 Å². The van der Waals surface area contributed by atoms with Gasteiger partial charge in [0.1, 0.15) is 11.8 Å². The number of fused-ring (bicyclic) bond motifs is 1. The molecule has 5 nitrogen and oxygen atoms in total. The van der Waals surface area contributed by atoms with Crippen LogP contribution in [0.4, 0.5) is 0 Å². The Morgan fingerprint density at radius 1 is 1.32 bits per heavy atom. The minimum Gasteiger partial charge on any atom is -0.493 e. The summed E-state index contributed by atoms with van der Waals surface area (Å²) in [6.07, 6.45) is 0.947. The topological polar surface area (TPSA) is 61.8 Å². The monoisotopic (exact) mass is 360 g/mol. The van der Waals surface area contributed by atoms with Crippen LogP contribution in [0.2, 0.25) is 0 Å². The molecule has 2 N–H and O–H groups in total. The van der Waals surface area contributed by atoms with Crippen LogP contribution in [0.15, 0.2) is 36.4 Å². The molecule has 0 aromatic heterocycles. The number of ether oxygens (including phenoxy) is 1. The Bertz CT molecular complexity index is 751. The van der Waals surface area contributed by atoms with E-state index in [0.29, 0.717) is 12.4 Å². The minimum absolute atomic E-state index is 0.0731. The van der Waals surface area contributed by atoms with Gasteiger partial charge in [0.2, 0.25) is 0 Å². The highest BCUT2D eigenvalue weighted by Crippen LogP contribution is 2.41. The third-order valence-electron chi connectivity index (χ3n) is 4.28. The van der Waals surface area contributed by atoms with Crippen molar-refractivity contribution in [2.24, 2.45) is 0 Å². The number of nitrogens with zero attached hydrogens (tertiary/aromatic N) is 1. The maximum absolute atomic E-state index is 11.3. The molecule has 2 aromatic carbocycles. The molecule has 0 amide bonds. The summed E-state index contributed by atoms with van der Waals surface area (Å²) in [5.74, 6) is 0.598. The van der Waals surface area contributed by atoms with Crippen LogP contribution in [0, 0.1) is 0 Å². The van der Waals surface area contributed by atoms with Gasteiger partial charge in [0.15, 0.2) is 0 Å². The zero-order chi connectivity index (χ0) is 17.8. The highest BCUT2D eigenvalue weighted by Gasteiger charge is 2.32. The van der Waals surface area contributed by atoms with Gasteiger partial charge in [-0.1, -0.05) is 30.3 Å². The standard InChI is InChI=1S/C19H24N2O3S/c1-21(2)10-5-11-24-16-9-8-13-6-3-4-7-14(13)17(16)18-20-15(12-25-18)19(22)23/h3-4,6-9,15,18,20H,5,10-12H2,1-2H3,(H,22,23). The maximum Gasteiger partial charge on any atom is 0.321 e. The fourth-order valence-electron chi connectivity index (χ4n) is 3.02. The lowest BCUT2D eigenvalue weighted by molar-refractivity contribution is -0.138. The lowest BCUT2D eigenvalue weighted by Crippen LogP contribution is -2.33. The van der Waals surface area contributed by atoms with Crippen molar-refractivity contribution in [3.8, 4) is 5.75 Å². The minimum atomic E-state index is -0.802. The zero-order valence-corrected chi connectivity index (χ0v) is 15.4. The Morgan fingerprint density at radius 3 is 2.84 bits per heavy atom. The van der Waals surface area contributed by atoms with Crippen LogP contribution in [0.1, 0.15) is 17.4 Å². The van der Waals surface area contributed by atoms with E-state index < -0.39 is 12.0 Å². The first-order chi connectivity index (χ1) is 12.1. The summed E-state index contributed by atoms with van der Waals surface area (Å²) in [5, 5.41) is 14.7. The van der Waals surface area contributed by atoms with Gasteiger partial charge >= 0.3 is 5.97 Å². The molecule has 0 aliphatic carbocycles. The molecule has 1 heterocycles. The van der Waals surface area contributed by atoms with Gasteiger partial charge in [0.05, 0.1) is 12.0 Å². The Kier molecular flexibility index (Phi) is 5.83. The molecule has 1 aliphatic heterocycles. The second kappa shape index (κ2) is 8.08. The normalized spacial score (nSPS) is 20.3. The van der Waals surface area contributed by atoms with Crippen LogP contribution < -0.4 is 10.1 Å². The number of nitrogens with one attached hydrogen (secondary N) is 1. The van der Waals surface area contributed by atoms with Crippen LogP contribution in [-0.2, 0) is 4.79 Å². The first-order valence-electron chi connectivity index (χ1n) is 8.46. The maximum atomic E-state index is 11.3. The SMILES string of the molecule is CN(C)CCCOc1ccc2ccccc2c1C1NC(C(=O)O)CS1. The molecule has 2 unspecified atom stereocenters. The molecular formula is C19H24N2O3S. The van der Waals surface area contributed by atoms with E-state index in [1.165, 1.54) is 0 Å². The number of carboxylic acids is 1. The number of hydrogen-bond donors (Lipinski definition) is 2. The van der Waals surface area contributed by atoms with Crippen LogP contribution in [-0.4, -0.2) is 55.0 Å². The summed E-state index contributed by atoms with van der Waals surface area (Å²) in [6.45, 7) is 1.61. The molecule has 1 aliphatic rings. The van der Waals surface area contributed by atoms with E-state index in [4.69, 9.17) is 4.74 Å². The smallest absolute Gasteiger partial charge is 0.321 e. The van der Waals surface area contributed by atoms with Crippen molar-refractivity contribution in [3.05, 3.63) is 42.0 Å². The molecular weight excluding hydrogens is 336 g/mol. The van der Waals surface area contributed by atoms with Crippen molar-refractivity contribution in [1.29, 1.82) is 0 Å². The second-order valence-electron chi connectivity index (χ2n) is 6.47. The van der Waals surface area contributed by atoms with E-state index in [-0.39, 0.29) is 5.37 Å². The molecule has 0 bridgehead atoms. The molecule has 1 fully saturated rings. The highest BCUT2D eigenvalue weighted by molar-refractivity contribution is 7.99. The Labute approximate surface area is 152 Å². The van der Waals surface area contributed by atoms with E-state index in [1.807, 2.05) is 32.3 Å². The lowest BCUT2D eigenvalue weighted by Gasteiger charge is -2.19. The Hall–Kier alpha value is -1.76. The summed E-state index contributed by atoms with van der Waals surface area (Å²) in [4.78, 5) is 13.4. The number of aliphatic carboxylic acids is 1. The second-order valence-corrected chi connectivity index (χ2v) is 7.61. The number of hydrogen-bond acceptors (Lipinski definition) is 5. The number of rotatable bonds is 7. The van der Waals surface area contributed by atoms with Gasteiger partial charge < -0.3 is 14.7 Å². The van der Waals surface area contributed by atoms with Crippen LogP contribution in [0.25, 0.3) is 10.8 Å². The molecule has 6 heteroatoms. The summed E-state index contributed by atoms with van der Waals surface area (Å²) >= 11 is 1.62. The number of benzene rings is 2. The zero-order valence-electron chi connectivity index (χ0n) is 14.6. The molecule has 134 valence electrons. The Balaban J connectivity index is 1.87. The third-order valence-corrected chi connectivity index (χ3v) is 5.51. The van der Waals surface area contributed by atoms with Gasteiger partial charge in [0, 0.05) is 17.9 Å². The van der Waals surface area contributed by atoms with Crippen molar-refractivity contribution in [3.63, 3.8) is 0 Å². The first-order valence-corrected chi connectivity index (χ1v) is 9.51. The van der Waals surface area contributed by atoms with E-state index in [2.05, 4.69) is 28.4 Å². The summed E-state index contributed by atoms with van der Waals surface area (Å²) < 4.78 is 6.08. The third kappa shape index (κ3) is 4.26. The number of thioether (sulfide) groups is 1. The van der Waals surface area contributed by atoms with Gasteiger partial charge in [-0.2, -0.15) is 0 Å². The molecule has 0 saturated carbocycles. The van der Waals surface area contributed by atoms with Gasteiger partial charge in [-0.05, 0) is 37.4 Å². The molecule has 0 radical (unpaired) electrons. The van der Waals surface area contributed by atoms with E-state index in [1.54, 1.807) is 11.8 Å². The molecule has 25 heavy (non-hydrogen) atoms. The van der Waals surface area contributed by atoms with Gasteiger partial charge in [-0.3, -0.25) is 10.1 Å². The van der Waals surface area contributed by atoms with Crippen molar-refractivity contribution in [2.45, 2.75) is 17.8 Å². The molecule has 0 spiro atoms. The first kappa shape index (κ1) is 18.0. The predicted molar refractivity (Wildman–Crippen MR) is 102 cm³/mol. The number of carboxylic acid groups (broad SMARTS) is 1. The fraction of sp³-hybridized carbons (Fsp3) is 0.421. The van der Waals surface area contributed by atoms with E-state index in [0.717, 1.165) is 35.1 Å². The predicted octanol–water partition coefficient (Wildman–Crippen LogP) is 2.96. The van der Waals surface area contributed by atoms with Crippen molar-refractivity contribution in [2.75, 3.05) is 33.0 Å². The quantitative estimate of drug-likeness (QED) is 0.740. The summed E-state index contributed by atoms with van der Waals surface area (Å²) in [5.41, 5.74) is 1.05. The van der Waals surface area contributed by atoms with Crippen LogP contribution >= 0.6 is 11.8 Å². The number of carbonyl (C=O) groups is 1. The van der Waals surface area contributed by atoms with E-state index in [9.17, 15) is 9.90 Å². The van der Waals surface area contributed by atoms with Crippen molar-refractivity contribution < 1.29 is 14.6 Å². The molecule has 3 rings (SSSR count). The van der Waals surface area contributed by atoms with Crippen molar-refractivity contribution in [1.82, 2.24) is 10.2 Å². The molecule has 1 saturated heterocycles. The largest absolute Gasteiger partial charge is 0.493 e.